The summed E-state index contributed by atoms with van der Waals surface area (Å²) in [6, 6.07) is 0. The van der Waals surface area contributed by atoms with Gasteiger partial charge in [-0.15, -0.1) is 0 Å². The molecule has 4 saturated carbocycles. The lowest BCUT2D eigenvalue weighted by Crippen LogP contribution is -2.62. The van der Waals surface area contributed by atoms with E-state index in [1.807, 2.05) is 0 Å². The van der Waals surface area contributed by atoms with E-state index in [9.17, 15) is 20.1 Å². The van der Waals surface area contributed by atoms with Gasteiger partial charge in [-0.1, -0.05) is 20.8 Å². The van der Waals surface area contributed by atoms with E-state index in [0.717, 1.165) is 44.9 Å². The quantitative estimate of drug-likeness (QED) is 0.571. The van der Waals surface area contributed by atoms with Crippen molar-refractivity contribution in [2.75, 3.05) is 0 Å². The van der Waals surface area contributed by atoms with Gasteiger partial charge < -0.3 is 20.4 Å². The van der Waals surface area contributed by atoms with Crippen LogP contribution < -0.4 is 0 Å². The number of aliphatic hydroxyl groups is 3. The van der Waals surface area contributed by atoms with Crippen molar-refractivity contribution in [3.8, 4) is 0 Å². The average molecular weight is 409 g/mol. The predicted molar refractivity (Wildman–Crippen MR) is 110 cm³/mol. The third kappa shape index (κ3) is 3.27. The molecule has 0 aromatic carbocycles. The van der Waals surface area contributed by atoms with Crippen molar-refractivity contribution in [2.45, 2.75) is 96.9 Å². The Kier molecular flexibility index (Phi) is 5.57. The lowest BCUT2D eigenvalue weighted by atomic mass is 9.43. The highest BCUT2D eigenvalue weighted by Gasteiger charge is 2.65. The monoisotopic (exact) mass is 408 g/mol. The zero-order chi connectivity index (χ0) is 21.1. The molecule has 11 atom stereocenters. The van der Waals surface area contributed by atoms with E-state index in [1.54, 1.807) is 0 Å². The summed E-state index contributed by atoms with van der Waals surface area (Å²) in [4.78, 5) is 11.1. The fourth-order valence-electron chi connectivity index (χ4n) is 8.68. The average Bonchev–Trinajstić information content (AvgIpc) is 3.01. The second-order valence-corrected chi connectivity index (χ2v) is 11.4. The van der Waals surface area contributed by atoms with E-state index in [2.05, 4.69) is 20.8 Å². The van der Waals surface area contributed by atoms with Gasteiger partial charge in [0.15, 0.2) is 0 Å². The minimum Gasteiger partial charge on any atom is -0.481 e. The number of hydrogen-bond acceptors (Lipinski definition) is 4. The standard InChI is InChI=1S/C24H40O5/c1-13(4-7-21(28)29)16-5-6-17-22-18(12-20(27)24(16,17)3)23(2)9-8-15(25)10-14(23)11-19(22)26/h13-20,22,25-27H,4-12H2,1-3H3,(H,28,29)/t13?,14-,15+,16+,17-,18-,19-,20-,22-,23-,24+/m0/s1. The van der Waals surface area contributed by atoms with Gasteiger partial charge in [0.25, 0.3) is 0 Å². The number of carboxylic acid groups (broad SMARTS) is 1. The summed E-state index contributed by atoms with van der Waals surface area (Å²) < 4.78 is 0. The van der Waals surface area contributed by atoms with Crippen LogP contribution in [0.15, 0.2) is 0 Å². The molecule has 0 radical (unpaired) electrons. The minimum absolute atomic E-state index is 0.0957. The first-order valence-electron chi connectivity index (χ1n) is 11.8. The molecule has 4 rings (SSSR count). The van der Waals surface area contributed by atoms with Crippen molar-refractivity contribution in [3.63, 3.8) is 0 Å². The molecule has 1 unspecified atom stereocenters. The first kappa shape index (κ1) is 21.6. The molecule has 0 aromatic heterocycles. The highest BCUT2D eigenvalue weighted by Crippen LogP contribution is 2.68. The molecule has 0 spiro atoms. The van der Waals surface area contributed by atoms with Gasteiger partial charge in [0.2, 0.25) is 0 Å². The number of hydrogen-bond donors (Lipinski definition) is 4. The highest BCUT2D eigenvalue weighted by molar-refractivity contribution is 5.66. The molecule has 0 aromatic rings. The number of aliphatic carboxylic acids is 1. The molecular weight excluding hydrogens is 368 g/mol. The second kappa shape index (κ2) is 7.49. The molecule has 0 saturated heterocycles. The van der Waals surface area contributed by atoms with Crippen molar-refractivity contribution >= 4 is 5.97 Å². The normalized spacial score (nSPS) is 52.9. The molecule has 166 valence electrons. The minimum atomic E-state index is -0.748. The number of carboxylic acids is 1. The summed E-state index contributed by atoms with van der Waals surface area (Å²) in [5, 5.41) is 42.0. The molecule has 4 fully saturated rings. The van der Waals surface area contributed by atoms with Gasteiger partial charge in [0, 0.05) is 6.42 Å². The summed E-state index contributed by atoms with van der Waals surface area (Å²) in [6.07, 6.45) is 6.00. The van der Waals surface area contributed by atoms with Crippen LogP contribution in [0.2, 0.25) is 0 Å². The largest absolute Gasteiger partial charge is 0.481 e. The maximum atomic E-state index is 11.5. The van der Waals surface area contributed by atoms with E-state index in [0.29, 0.717) is 30.1 Å². The molecule has 5 nitrogen and oxygen atoms in total. The van der Waals surface area contributed by atoms with Gasteiger partial charge >= 0.3 is 5.97 Å². The van der Waals surface area contributed by atoms with Crippen LogP contribution >= 0.6 is 0 Å². The Bertz CT molecular complexity index is 637. The number of aliphatic hydroxyl groups excluding tert-OH is 3. The zero-order valence-corrected chi connectivity index (χ0v) is 18.3. The Morgan fingerprint density at radius 1 is 1.03 bits per heavy atom. The van der Waals surface area contributed by atoms with Crippen LogP contribution in [0.1, 0.15) is 78.6 Å². The molecule has 0 heterocycles. The lowest BCUT2D eigenvalue weighted by Gasteiger charge is -2.63. The van der Waals surface area contributed by atoms with Gasteiger partial charge in [0.05, 0.1) is 18.3 Å². The van der Waals surface area contributed by atoms with Crippen LogP contribution in [0, 0.1) is 46.3 Å². The van der Waals surface area contributed by atoms with Crippen LogP contribution in [-0.4, -0.2) is 44.7 Å². The molecule has 4 aliphatic carbocycles. The molecule has 0 amide bonds. The summed E-state index contributed by atoms with van der Waals surface area (Å²) in [5.74, 6) is 0.997. The molecule has 5 heteroatoms. The van der Waals surface area contributed by atoms with Gasteiger partial charge in [-0.3, -0.25) is 4.79 Å². The van der Waals surface area contributed by atoms with E-state index in [1.165, 1.54) is 0 Å². The Labute approximate surface area is 174 Å². The first-order chi connectivity index (χ1) is 13.6. The maximum Gasteiger partial charge on any atom is 0.303 e. The molecule has 29 heavy (non-hydrogen) atoms. The third-order valence-electron chi connectivity index (χ3n) is 10.3. The number of rotatable bonds is 4. The van der Waals surface area contributed by atoms with Crippen molar-refractivity contribution in [1.29, 1.82) is 0 Å². The number of carbonyl (C=O) groups is 1. The van der Waals surface area contributed by atoms with Gasteiger partial charge in [0.1, 0.15) is 0 Å². The lowest BCUT2D eigenvalue weighted by molar-refractivity contribution is -0.207. The Morgan fingerprint density at radius 2 is 1.76 bits per heavy atom. The second-order valence-electron chi connectivity index (χ2n) is 11.4. The van der Waals surface area contributed by atoms with E-state index >= 15 is 0 Å². The van der Waals surface area contributed by atoms with Crippen molar-refractivity contribution in [2.24, 2.45) is 46.3 Å². The van der Waals surface area contributed by atoms with Crippen molar-refractivity contribution in [3.05, 3.63) is 0 Å². The molecule has 0 bridgehead atoms. The molecule has 4 N–H and O–H groups in total. The smallest absolute Gasteiger partial charge is 0.303 e. The van der Waals surface area contributed by atoms with Crippen LogP contribution in [0.3, 0.4) is 0 Å². The summed E-state index contributed by atoms with van der Waals surface area (Å²) in [6.45, 7) is 6.72. The van der Waals surface area contributed by atoms with Crippen LogP contribution in [0.4, 0.5) is 0 Å². The topological polar surface area (TPSA) is 98.0 Å². The molecule has 0 aliphatic heterocycles. The molecular formula is C24H40O5. The van der Waals surface area contributed by atoms with E-state index in [4.69, 9.17) is 5.11 Å². The summed E-state index contributed by atoms with van der Waals surface area (Å²) >= 11 is 0. The van der Waals surface area contributed by atoms with Crippen LogP contribution in [-0.2, 0) is 4.79 Å². The maximum absolute atomic E-state index is 11.5. The van der Waals surface area contributed by atoms with Gasteiger partial charge in [-0.05, 0) is 97.7 Å². The number of fused-ring (bicyclic) bond motifs is 5. The Hall–Kier alpha value is -0.650. The predicted octanol–water partition coefficient (Wildman–Crippen LogP) is 3.45. The van der Waals surface area contributed by atoms with E-state index in [-0.39, 0.29) is 41.3 Å². The van der Waals surface area contributed by atoms with Gasteiger partial charge in [-0.25, -0.2) is 0 Å². The van der Waals surface area contributed by atoms with Gasteiger partial charge in [-0.2, -0.15) is 0 Å². The molecule has 4 aliphatic rings. The van der Waals surface area contributed by atoms with Crippen molar-refractivity contribution < 1.29 is 25.2 Å². The highest BCUT2D eigenvalue weighted by atomic mass is 16.4. The van der Waals surface area contributed by atoms with Crippen LogP contribution in [0.5, 0.6) is 0 Å². The summed E-state index contributed by atoms with van der Waals surface area (Å²) in [7, 11) is 0. The van der Waals surface area contributed by atoms with Crippen molar-refractivity contribution in [1.82, 2.24) is 0 Å². The third-order valence-corrected chi connectivity index (χ3v) is 10.3. The Morgan fingerprint density at radius 3 is 2.45 bits per heavy atom. The fourth-order valence-corrected chi connectivity index (χ4v) is 8.68. The Balaban J connectivity index is 1.61. The SMILES string of the molecule is CC(CCC(=O)O)[C@H]1CC[C@H]2[C@@H]3[C@@H](O)C[C@@H]4C[C@H](O)CC[C@]4(C)[C@H]3C[C@H](O)[C@]12C. The first-order valence-corrected chi connectivity index (χ1v) is 11.8. The van der Waals surface area contributed by atoms with Crippen LogP contribution in [0.25, 0.3) is 0 Å². The van der Waals surface area contributed by atoms with E-state index < -0.39 is 12.1 Å². The zero-order valence-electron chi connectivity index (χ0n) is 18.3. The summed E-state index contributed by atoms with van der Waals surface area (Å²) in [5.41, 5.74) is -0.143. The fraction of sp³-hybridized carbons (Fsp3) is 0.958.